The Morgan fingerprint density at radius 2 is 2.12 bits per heavy atom. The molecule has 1 aliphatic heterocycles. The molecule has 1 fully saturated rings. The fourth-order valence-corrected chi connectivity index (χ4v) is 3.88. The molecule has 4 N–H and O–H groups in total. The molecule has 2 aromatic carbocycles. The molecule has 0 spiro atoms. The Bertz CT molecular complexity index is 1150. The Kier molecular flexibility index (Phi) is 7.03. The summed E-state index contributed by atoms with van der Waals surface area (Å²) >= 11 is 0. The van der Waals surface area contributed by atoms with Crippen LogP contribution in [0.2, 0.25) is 0 Å². The third-order valence-electron chi connectivity index (χ3n) is 5.74. The number of aliphatic hydroxyl groups excluding tert-OH is 1. The number of benzene rings is 2. The van der Waals surface area contributed by atoms with Crippen molar-refractivity contribution >= 4 is 11.6 Å². The highest BCUT2D eigenvalue weighted by molar-refractivity contribution is 5.65. The highest BCUT2D eigenvalue weighted by Crippen LogP contribution is 2.31. The zero-order chi connectivity index (χ0) is 23.2. The Labute approximate surface area is 193 Å². The molecule has 1 saturated heterocycles. The fourth-order valence-electron chi connectivity index (χ4n) is 3.88. The summed E-state index contributed by atoms with van der Waals surface area (Å²) in [6, 6.07) is 17.5. The van der Waals surface area contributed by atoms with Crippen LogP contribution in [0.15, 0.2) is 54.7 Å². The van der Waals surface area contributed by atoms with Crippen LogP contribution >= 0.6 is 0 Å². The smallest absolute Gasteiger partial charge is 0.223 e. The minimum atomic E-state index is -0.487. The molecule has 1 aromatic heterocycles. The molecule has 8 heteroatoms. The van der Waals surface area contributed by atoms with E-state index in [9.17, 15) is 10.4 Å². The lowest BCUT2D eigenvalue weighted by Gasteiger charge is -2.20. The summed E-state index contributed by atoms with van der Waals surface area (Å²) < 4.78 is 6.26. The van der Waals surface area contributed by atoms with E-state index in [1.165, 1.54) is 0 Å². The van der Waals surface area contributed by atoms with Gasteiger partial charge in [0.1, 0.15) is 17.9 Å². The van der Waals surface area contributed by atoms with Gasteiger partial charge < -0.3 is 25.8 Å². The first-order valence-electron chi connectivity index (χ1n) is 11.1. The molecule has 8 nitrogen and oxygen atoms in total. The predicted octanol–water partition coefficient (Wildman–Crippen LogP) is 3.33. The molecule has 3 aromatic rings. The van der Waals surface area contributed by atoms with Gasteiger partial charge in [0.15, 0.2) is 0 Å². The summed E-state index contributed by atoms with van der Waals surface area (Å²) in [6.45, 7) is 3.25. The van der Waals surface area contributed by atoms with Crippen molar-refractivity contribution in [1.29, 1.82) is 5.26 Å². The lowest BCUT2D eigenvalue weighted by molar-refractivity contribution is 0.185. The molecular formula is C25H28N6O2. The van der Waals surface area contributed by atoms with Crippen LogP contribution in [0.1, 0.15) is 30.6 Å². The number of rotatable bonds is 8. The van der Waals surface area contributed by atoms with Crippen molar-refractivity contribution in [3.63, 3.8) is 0 Å². The third kappa shape index (κ3) is 5.22. The average Bonchev–Trinajstić information content (AvgIpc) is 3.26. The van der Waals surface area contributed by atoms with Crippen LogP contribution in [0.5, 0.6) is 5.75 Å². The van der Waals surface area contributed by atoms with Crippen LogP contribution in [0, 0.1) is 11.3 Å². The van der Waals surface area contributed by atoms with E-state index in [0.717, 1.165) is 23.2 Å². The van der Waals surface area contributed by atoms with Gasteiger partial charge in [-0.2, -0.15) is 5.26 Å². The van der Waals surface area contributed by atoms with E-state index in [4.69, 9.17) is 4.74 Å². The average molecular weight is 445 g/mol. The first-order chi connectivity index (χ1) is 16.1. The van der Waals surface area contributed by atoms with Crippen LogP contribution in [-0.2, 0) is 0 Å². The number of anilines is 2. The zero-order valence-electron chi connectivity index (χ0n) is 18.7. The van der Waals surface area contributed by atoms with E-state index in [2.05, 4.69) is 45.0 Å². The largest absolute Gasteiger partial charge is 0.484 e. The quantitative estimate of drug-likeness (QED) is 0.418. The molecule has 0 unspecified atom stereocenters. The summed E-state index contributed by atoms with van der Waals surface area (Å²) in [6.07, 6.45) is 1.78. The summed E-state index contributed by atoms with van der Waals surface area (Å²) in [5, 5.41) is 29.2. The van der Waals surface area contributed by atoms with Crippen LogP contribution in [0.3, 0.4) is 0 Å². The number of nitrogens with zero attached hydrogens (tertiary/aromatic N) is 3. The van der Waals surface area contributed by atoms with E-state index in [0.29, 0.717) is 36.0 Å². The number of hydrogen-bond acceptors (Lipinski definition) is 8. The maximum Gasteiger partial charge on any atom is 0.223 e. The van der Waals surface area contributed by atoms with E-state index in [1.807, 2.05) is 37.4 Å². The lowest BCUT2D eigenvalue weighted by atomic mass is 10.0. The van der Waals surface area contributed by atoms with Crippen molar-refractivity contribution in [3.05, 3.63) is 65.9 Å². The molecule has 33 heavy (non-hydrogen) atoms. The van der Waals surface area contributed by atoms with Crippen molar-refractivity contribution in [2.45, 2.75) is 31.6 Å². The van der Waals surface area contributed by atoms with Crippen molar-refractivity contribution < 1.29 is 9.84 Å². The summed E-state index contributed by atoms with van der Waals surface area (Å²) in [4.78, 5) is 8.84. The number of hydrogen-bond donors (Lipinski definition) is 4. The van der Waals surface area contributed by atoms with Gasteiger partial charge in [0.25, 0.3) is 0 Å². The maximum absolute atomic E-state index is 10.0. The van der Waals surface area contributed by atoms with Crippen LogP contribution in [-0.4, -0.2) is 47.4 Å². The topological polar surface area (TPSA) is 115 Å². The summed E-state index contributed by atoms with van der Waals surface area (Å²) in [7, 11) is 1.88. The van der Waals surface area contributed by atoms with Gasteiger partial charge in [-0.05, 0) is 48.4 Å². The third-order valence-corrected chi connectivity index (χ3v) is 5.74. The van der Waals surface area contributed by atoms with Crippen molar-refractivity contribution in [2.75, 3.05) is 30.8 Å². The number of nitrogens with one attached hydrogen (secondary N) is 3. The molecule has 0 radical (unpaired) electrons. The monoisotopic (exact) mass is 444 g/mol. The Morgan fingerprint density at radius 1 is 1.24 bits per heavy atom. The predicted molar refractivity (Wildman–Crippen MR) is 128 cm³/mol. The van der Waals surface area contributed by atoms with Crippen LogP contribution < -0.4 is 20.7 Å². The number of ether oxygens (including phenoxy) is 1. The molecule has 0 saturated carbocycles. The van der Waals surface area contributed by atoms with Crippen LogP contribution in [0.25, 0.3) is 11.3 Å². The van der Waals surface area contributed by atoms with Gasteiger partial charge in [0, 0.05) is 37.6 Å². The zero-order valence-corrected chi connectivity index (χ0v) is 18.7. The summed E-state index contributed by atoms with van der Waals surface area (Å²) in [5.74, 6) is 0.977. The van der Waals surface area contributed by atoms with Gasteiger partial charge >= 0.3 is 0 Å². The highest BCUT2D eigenvalue weighted by Gasteiger charge is 2.25. The van der Waals surface area contributed by atoms with Gasteiger partial charge in [-0.3, -0.25) is 0 Å². The maximum atomic E-state index is 10.0. The van der Waals surface area contributed by atoms with Crippen molar-refractivity contribution in [1.82, 2.24) is 15.3 Å². The molecular weight excluding hydrogens is 416 g/mol. The Balaban J connectivity index is 1.55. The fraction of sp³-hybridized carbons (Fsp3) is 0.320. The van der Waals surface area contributed by atoms with Crippen LogP contribution in [0.4, 0.5) is 11.6 Å². The molecule has 0 aliphatic carbocycles. The number of aromatic nitrogens is 2. The van der Waals surface area contributed by atoms with Gasteiger partial charge in [-0.15, -0.1) is 0 Å². The first kappa shape index (κ1) is 22.5. The van der Waals surface area contributed by atoms with E-state index < -0.39 is 6.10 Å². The van der Waals surface area contributed by atoms with E-state index in [1.54, 1.807) is 18.3 Å². The number of nitriles is 1. The minimum Gasteiger partial charge on any atom is -0.484 e. The Hall–Kier alpha value is -3.67. The highest BCUT2D eigenvalue weighted by atomic mass is 16.5. The summed E-state index contributed by atoms with van der Waals surface area (Å²) in [5.41, 5.74) is 3.98. The molecule has 2 heterocycles. The first-order valence-corrected chi connectivity index (χ1v) is 11.1. The molecule has 1 aliphatic rings. The number of β-amino-alcohol motifs (C(OH)–C–C–N with tert-alkyl or cyclic N) is 1. The minimum absolute atomic E-state index is 0.141. The number of aliphatic hydroxyl groups is 1. The molecule has 0 amide bonds. The second-order valence-electron chi connectivity index (χ2n) is 7.95. The van der Waals surface area contributed by atoms with Gasteiger partial charge in [0.05, 0.1) is 23.4 Å². The van der Waals surface area contributed by atoms with E-state index >= 15 is 0 Å². The second kappa shape index (κ2) is 10.3. The Morgan fingerprint density at radius 3 is 2.85 bits per heavy atom. The molecule has 3 atom stereocenters. The van der Waals surface area contributed by atoms with Crippen molar-refractivity contribution in [2.24, 2.45) is 0 Å². The van der Waals surface area contributed by atoms with Gasteiger partial charge in [-0.1, -0.05) is 19.1 Å². The SMILES string of the molecule is CC[C@H](Oc1ccc(-c2ccnc(N[C@H]3CNC[C@@H]3O)n2)cc1C#N)c1cccc(NC)c1. The molecule has 170 valence electrons. The molecule has 0 bridgehead atoms. The second-order valence-corrected chi connectivity index (χ2v) is 7.95. The molecule has 4 rings (SSSR count). The van der Waals surface area contributed by atoms with Gasteiger partial charge in [0.2, 0.25) is 5.95 Å². The van der Waals surface area contributed by atoms with E-state index in [-0.39, 0.29) is 12.1 Å². The normalized spacial score (nSPS) is 18.4. The van der Waals surface area contributed by atoms with Crippen molar-refractivity contribution in [3.8, 4) is 23.1 Å². The van der Waals surface area contributed by atoms with Gasteiger partial charge in [-0.25, -0.2) is 9.97 Å². The lowest BCUT2D eigenvalue weighted by Crippen LogP contribution is -2.32. The standard InChI is InChI=1S/C25H28N6O2/c1-3-23(17-5-4-6-19(12-17)27-2)33-24-8-7-16(11-18(24)13-26)20-9-10-29-25(30-20)31-21-14-28-15-22(21)32/h4-12,21-23,27-28,32H,3,14-15H2,1-2H3,(H,29,30,31)/t21-,22-,23-/m0/s1.